The summed E-state index contributed by atoms with van der Waals surface area (Å²) in [5, 5.41) is 9.23. The number of carbonyl (C=O) groups is 1. The minimum Gasteiger partial charge on any atom is -0.492 e. The summed E-state index contributed by atoms with van der Waals surface area (Å²) in [6.45, 7) is 1.91. The van der Waals surface area contributed by atoms with E-state index in [9.17, 15) is 4.79 Å². The Balaban J connectivity index is 1.51. The first-order valence-corrected chi connectivity index (χ1v) is 7.67. The number of nitrogens with one attached hydrogen (secondary N) is 3. The van der Waals surface area contributed by atoms with Crippen LogP contribution < -0.4 is 20.7 Å². The minimum absolute atomic E-state index is 0.229. The predicted molar refractivity (Wildman–Crippen MR) is 91.1 cm³/mol. The molecule has 1 aromatic heterocycles. The molecule has 7 heteroatoms. The first-order chi connectivity index (χ1) is 11.2. The lowest BCUT2D eigenvalue weighted by atomic mass is 10.3. The number of carbonyl (C=O) groups excluding carboxylic acids is 1. The van der Waals surface area contributed by atoms with Crippen LogP contribution in [0.25, 0.3) is 0 Å². The van der Waals surface area contributed by atoms with E-state index in [2.05, 4.69) is 20.9 Å². The molecule has 0 atom stereocenters. The van der Waals surface area contributed by atoms with Gasteiger partial charge in [0, 0.05) is 24.3 Å². The minimum atomic E-state index is -0.229. The van der Waals surface area contributed by atoms with Gasteiger partial charge in [0.15, 0.2) is 0 Å². The van der Waals surface area contributed by atoms with Crippen molar-refractivity contribution >= 4 is 23.4 Å². The molecule has 1 aromatic carbocycles. The molecule has 0 aliphatic rings. The van der Waals surface area contributed by atoms with E-state index in [0.717, 1.165) is 11.6 Å². The van der Waals surface area contributed by atoms with Crippen molar-refractivity contribution in [2.24, 2.45) is 0 Å². The number of anilines is 1. The number of benzene rings is 1. The highest BCUT2D eigenvalue weighted by Crippen LogP contribution is 2.14. The first kappa shape index (κ1) is 16.9. The van der Waals surface area contributed by atoms with Crippen LogP contribution in [0.15, 0.2) is 48.7 Å². The lowest BCUT2D eigenvalue weighted by Crippen LogP contribution is -2.39. The van der Waals surface area contributed by atoms with Crippen LogP contribution in [0.3, 0.4) is 0 Å². The molecule has 2 rings (SSSR count). The molecule has 2 aromatic rings. The van der Waals surface area contributed by atoms with Crippen LogP contribution in [-0.2, 0) is 0 Å². The Kier molecular flexibility index (Phi) is 7.00. The summed E-state index contributed by atoms with van der Waals surface area (Å²) >= 11 is 5.78. The Morgan fingerprint density at radius 3 is 2.57 bits per heavy atom. The summed E-state index contributed by atoms with van der Waals surface area (Å²) in [4.78, 5) is 15.7. The first-order valence-electron chi connectivity index (χ1n) is 7.29. The molecule has 6 nitrogen and oxygen atoms in total. The van der Waals surface area contributed by atoms with Crippen LogP contribution in [0.5, 0.6) is 5.75 Å². The van der Waals surface area contributed by atoms with Gasteiger partial charge in [-0.05, 0) is 36.4 Å². The number of pyridine rings is 1. The van der Waals surface area contributed by atoms with Gasteiger partial charge in [-0.2, -0.15) is 0 Å². The van der Waals surface area contributed by atoms with Crippen molar-refractivity contribution in [1.29, 1.82) is 0 Å². The molecule has 1 heterocycles. The van der Waals surface area contributed by atoms with Crippen molar-refractivity contribution in [2.75, 3.05) is 31.6 Å². The maximum Gasteiger partial charge on any atom is 0.314 e. The number of urea groups is 1. The second-order valence-corrected chi connectivity index (χ2v) is 5.06. The molecular formula is C16H19ClN4O2. The van der Waals surface area contributed by atoms with Crippen molar-refractivity contribution in [3.8, 4) is 5.75 Å². The van der Waals surface area contributed by atoms with Crippen LogP contribution in [0.4, 0.5) is 10.6 Å². The van der Waals surface area contributed by atoms with Gasteiger partial charge >= 0.3 is 6.03 Å². The SMILES string of the molecule is O=C(NCCNc1ccccn1)NCCOc1ccc(Cl)cc1. The topological polar surface area (TPSA) is 75.3 Å². The molecule has 0 bridgehead atoms. The van der Waals surface area contributed by atoms with Crippen LogP contribution in [0.1, 0.15) is 0 Å². The van der Waals surface area contributed by atoms with E-state index >= 15 is 0 Å². The molecule has 0 aliphatic carbocycles. The lowest BCUT2D eigenvalue weighted by molar-refractivity contribution is 0.237. The van der Waals surface area contributed by atoms with Crippen molar-refractivity contribution in [3.05, 3.63) is 53.7 Å². The van der Waals surface area contributed by atoms with Gasteiger partial charge in [-0.3, -0.25) is 0 Å². The van der Waals surface area contributed by atoms with Crippen molar-refractivity contribution < 1.29 is 9.53 Å². The van der Waals surface area contributed by atoms with Crippen LogP contribution >= 0.6 is 11.6 Å². The molecule has 0 aliphatic heterocycles. The summed E-state index contributed by atoms with van der Waals surface area (Å²) < 4.78 is 5.47. The zero-order valence-corrected chi connectivity index (χ0v) is 13.3. The second-order valence-electron chi connectivity index (χ2n) is 4.63. The van der Waals surface area contributed by atoms with Crippen LogP contribution in [0.2, 0.25) is 5.02 Å². The van der Waals surface area contributed by atoms with Gasteiger partial charge in [0.2, 0.25) is 0 Å². The van der Waals surface area contributed by atoms with Gasteiger partial charge in [0.1, 0.15) is 18.2 Å². The van der Waals surface area contributed by atoms with Gasteiger partial charge in [-0.15, -0.1) is 0 Å². The highest BCUT2D eigenvalue weighted by atomic mass is 35.5. The largest absolute Gasteiger partial charge is 0.492 e. The highest BCUT2D eigenvalue weighted by molar-refractivity contribution is 6.30. The standard InChI is InChI=1S/C16H19ClN4O2/c17-13-4-6-14(7-5-13)23-12-11-21-16(22)20-10-9-19-15-3-1-2-8-18-15/h1-8H,9-12H2,(H,18,19)(H2,20,21,22). The molecule has 23 heavy (non-hydrogen) atoms. The van der Waals surface area contributed by atoms with E-state index in [1.165, 1.54) is 0 Å². The normalized spacial score (nSPS) is 9.96. The maximum atomic E-state index is 11.6. The van der Waals surface area contributed by atoms with Crippen molar-refractivity contribution in [1.82, 2.24) is 15.6 Å². The van der Waals surface area contributed by atoms with Crippen molar-refractivity contribution in [3.63, 3.8) is 0 Å². The summed E-state index contributed by atoms with van der Waals surface area (Å²) in [6, 6.07) is 12.5. The third kappa shape index (κ3) is 6.88. The fraction of sp³-hybridized carbons (Fsp3) is 0.250. The number of hydrogen-bond acceptors (Lipinski definition) is 4. The number of amides is 2. The predicted octanol–water partition coefficient (Wildman–Crippen LogP) is 2.53. The molecule has 0 radical (unpaired) electrons. The van der Waals surface area contributed by atoms with Gasteiger partial charge in [0.25, 0.3) is 0 Å². The monoisotopic (exact) mass is 334 g/mol. The van der Waals surface area contributed by atoms with E-state index in [1.54, 1.807) is 30.5 Å². The fourth-order valence-electron chi connectivity index (χ4n) is 1.76. The zero-order chi connectivity index (χ0) is 16.3. The highest BCUT2D eigenvalue weighted by Gasteiger charge is 1.99. The Labute approximate surface area is 140 Å². The quantitative estimate of drug-likeness (QED) is 0.648. The molecule has 122 valence electrons. The van der Waals surface area contributed by atoms with Gasteiger partial charge in [-0.1, -0.05) is 17.7 Å². The van der Waals surface area contributed by atoms with Gasteiger partial charge in [0.05, 0.1) is 6.54 Å². The molecule has 0 saturated heterocycles. The Morgan fingerprint density at radius 2 is 1.83 bits per heavy atom. The van der Waals surface area contributed by atoms with E-state index in [0.29, 0.717) is 31.3 Å². The number of aromatic nitrogens is 1. The summed E-state index contributed by atoms with van der Waals surface area (Å²) in [5.41, 5.74) is 0. The molecule has 0 fully saturated rings. The molecular weight excluding hydrogens is 316 g/mol. The van der Waals surface area contributed by atoms with Crippen LogP contribution in [0, 0.1) is 0 Å². The van der Waals surface area contributed by atoms with E-state index in [-0.39, 0.29) is 6.03 Å². The summed E-state index contributed by atoms with van der Waals surface area (Å²) in [5.74, 6) is 1.50. The number of ether oxygens (including phenoxy) is 1. The number of hydrogen-bond donors (Lipinski definition) is 3. The third-order valence-corrected chi connectivity index (χ3v) is 3.10. The Morgan fingerprint density at radius 1 is 1.04 bits per heavy atom. The van der Waals surface area contributed by atoms with Crippen molar-refractivity contribution in [2.45, 2.75) is 0 Å². The second kappa shape index (κ2) is 9.53. The summed E-state index contributed by atoms with van der Waals surface area (Å²) in [7, 11) is 0. The number of nitrogens with zero attached hydrogens (tertiary/aromatic N) is 1. The van der Waals surface area contributed by atoms with Crippen LogP contribution in [-0.4, -0.2) is 37.3 Å². The fourth-order valence-corrected chi connectivity index (χ4v) is 1.89. The Bertz CT molecular complexity index is 593. The number of halogens is 1. The summed E-state index contributed by atoms with van der Waals surface area (Å²) in [6.07, 6.45) is 1.71. The molecule has 0 unspecified atom stereocenters. The maximum absolute atomic E-state index is 11.6. The van der Waals surface area contributed by atoms with Gasteiger partial charge < -0.3 is 20.7 Å². The van der Waals surface area contributed by atoms with Gasteiger partial charge in [-0.25, -0.2) is 9.78 Å². The molecule has 2 amide bonds. The third-order valence-electron chi connectivity index (χ3n) is 2.85. The molecule has 0 spiro atoms. The van der Waals surface area contributed by atoms with E-state index in [1.807, 2.05) is 18.2 Å². The average molecular weight is 335 g/mol. The molecule has 3 N–H and O–H groups in total. The zero-order valence-electron chi connectivity index (χ0n) is 12.6. The average Bonchev–Trinajstić information content (AvgIpc) is 2.58. The smallest absolute Gasteiger partial charge is 0.314 e. The Hall–Kier alpha value is -2.47. The van der Waals surface area contributed by atoms with E-state index < -0.39 is 0 Å². The number of rotatable bonds is 8. The van der Waals surface area contributed by atoms with E-state index in [4.69, 9.17) is 16.3 Å². The lowest BCUT2D eigenvalue weighted by Gasteiger charge is -2.10. The molecule has 0 saturated carbocycles.